The summed E-state index contributed by atoms with van der Waals surface area (Å²) in [6, 6.07) is 0.181. The molecule has 1 saturated carbocycles. The lowest BCUT2D eigenvalue weighted by molar-refractivity contribution is -0.122. The van der Waals surface area contributed by atoms with Crippen molar-refractivity contribution in [3.63, 3.8) is 0 Å². The van der Waals surface area contributed by atoms with E-state index >= 15 is 0 Å². The van der Waals surface area contributed by atoms with Gasteiger partial charge in [0.1, 0.15) is 0 Å². The minimum atomic E-state index is 0. The van der Waals surface area contributed by atoms with E-state index in [0.29, 0.717) is 18.9 Å². The molecule has 0 aromatic rings. The maximum Gasteiger partial charge on any atom is 0.220 e. The van der Waals surface area contributed by atoms with Crippen molar-refractivity contribution in [2.75, 3.05) is 20.3 Å². The van der Waals surface area contributed by atoms with Crippen LogP contribution in [0.4, 0.5) is 0 Å². The Balaban J connectivity index is 0.00000324. The van der Waals surface area contributed by atoms with Gasteiger partial charge >= 0.3 is 0 Å². The molecule has 0 aliphatic heterocycles. The Bertz CT molecular complexity index is 233. The van der Waals surface area contributed by atoms with Crippen molar-refractivity contribution in [1.29, 1.82) is 0 Å². The Morgan fingerprint density at radius 1 is 1.32 bits per heavy atom. The highest BCUT2D eigenvalue weighted by Gasteiger charge is 2.23. The third-order valence-electron chi connectivity index (χ3n) is 3.82. The third kappa shape index (κ3) is 7.75. The van der Waals surface area contributed by atoms with Gasteiger partial charge in [0, 0.05) is 32.7 Å². The molecule has 0 aromatic heterocycles. The number of halogens is 1. The molecule has 19 heavy (non-hydrogen) atoms. The highest BCUT2D eigenvalue weighted by atomic mass is 35.5. The summed E-state index contributed by atoms with van der Waals surface area (Å²) in [6.45, 7) is 1.30. The molecule has 5 heteroatoms. The van der Waals surface area contributed by atoms with E-state index in [1.165, 1.54) is 32.1 Å². The number of unbranched alkanes of at least 4 members (excludes halogenated alkanes) is 1. The van der Waals surface area contributed by atoms with E-state index in [1.54, 1.807) is 7.11 Å². The highest BCUT2D eigenvalue weighted by Crippen LogP contribution is 2.26. The van der Waals surface area contributed by atoms with Crippen LogP contribution < -0.4 is 11.1 Å². The van der Waals surface area contributed by atoms with E-state index in [9.17, 15) is 4.79 Å². The largest absolute Gasteiger partial charge is 0.385 e. The predicted molar refractivity (Wildman–Crippen MR) is 80.5 cm³/mol. The smallest absolute Gasteiger partial charge is 0.220 e. The van der Waals surface area contributed by atoms with Gasteiger partial charge in [-0.1, -0.05) is 19.3 Å². The lowest BCUT2D eigenvalue weighted by Gasteiger charge is -2.30. The van der Waals surface area contributed by atoms with E-state index in [0.717, 1.165) is 19.4 Å². The maximum atomic E-state index is 11.8. The maximum absolute atomic E-state index is 11.8. The Morgan fingerprint density at radius 3 is 2.58 bits per heavy atom. The summed E-state index contributed by atoms with van der Waals surface area (Å²) in [5.41, 5.74) is 5.79. The van der Waals surface area contributed by atoms with Crippen molar-refractivity contribution < 1.29 is 9.53 Å². The van der Waals surface area contributed by atoms with Crippen LogP contribution in [-0.4, -0.2) is 32.2 Å². The van der Waals surface area contributed by atoms with Crippen molar-refractivity contribution in [2.45, 2.75) is 57.4 Å². The van der Waals surface area contributed by atoms with Crippen LogP contribution in [0.3, 0.4) is 0 Å². The Kier molecular flexibility index (Phi) is 11.3. The number of rotatable bonds is 8. The molecule has 1 atom stereocenters. The van der Waals surface area contributed by atoms with E-state index in [1.807, 2.05) is 0 Å². The molecule has 1 aliphatic rings. The first-order valence-electron chi connectivity index (χ1n) is 7.26. The second-order valence-corrected chi connectivity index (χ2v) is 5.26. The van der Waals surface area contributed by atoms with E-state index in [2.05, 4.69) is 5.32 Å². The fraction of sp³-hybridized carbons (Fsp3) is 0.929. The number of carbonyl (C=O) groups excluding carboxylic acids is 1. The van der Waals surface area contributed by atoms with Gasteiger partial charge in [0.15, 0.2) is 0 Å². The molecule has 1 unspecified atom stereocenters. The Morgan fingerprint density at radius 2 is 2.00 bits per heavy atom. The number of hydrogen-bond donors (Lipinski definition) is 2. The number of ether oxygens (including phenoxy) is 1. The Labute approximate surface area is 123 Å². The summed E-state index contributed by atoms with van der Waals surface area (Å²) in [6.07, 6.45) is 8.75. The molecule has 0 bridgehead atoms. The first-order valence-corrected chi connectivity index (χ1v) is 7.26. The van der Waals surface area contributed by atoms with E-state index in [-0.39, 0.29) is 24.4 Å². The molecule has 0 spiro atoms. The van der Waals surface area contributed by atoms with Gasteiger partial charge in [0.2, 0.25) is 5.91 Å². The molecule has 114 valence electrons. The fourth-order valence-electron chi connectivity index (χ4n) is 2.72. The van der Waals surface area contributed by atoms with Crippen molar-refractivity contribution in [3.05, 3.63) is 0 Å². The first-order chi connectivity index (χ1) is 8.77. The van der Waals surface area contributed by atoms with Crippen LogP contribution in [0.25, 0.3) is 0 Å². The van der Waals surface area contributed by atoms with Gasteiger partial charge in [-0.15, -0.1) is 12.4 Å². The number of hydrogen-bond acceptors (Lipinski definition) is 3. The number of amides is 1. The molecule has 1 aliphatic carbocycles. The third-order valence-corrected chi connectivity index (χ3v) is 3.82. The zero-order valence-corrected chi connectivity index (χ0v) is 12.8. The van der Waals surface area contributed by atoms with Crippen molar-refractivity contribution in [1.82, 2.24) is 5.32 Å². The van der Waals surface area contributed by atoms with Gasteiger partial charge in [-0.3, -0.25) is 4.79 Å². The van der Waals surface area contributed by atoms with Gasteiger partial charge in [-0.2, -0.15) is 0 Å². The first kappa shape index (κ1) is 18.7. The summed E-state index contributed by atoms with van der Waals surface area (Å²) in [5, 5.41) is 3.11. The summed E-state index contributed by atoms with van der Waals surface area (Å²) < 4.78 is 4.97. The van der Waals surface area contributed by atoms with Crippen molar-refractivity contribution in [2.24, 2.45) is 11.7 Å². The van der Waals surface area contributed by atoms with Crippen molar-refractivity contribution >= 4 is 18.3 Å². The topological polar surface area (TPSA) is 64.3 Å². The van der Waals surface area contributed by atoms with Crippen LogP contribution in [0.2, 0.25) is 0 Å². The summed E-state index contributed by atoms with van der Waals surface area (Å²) in [5.74, 6) is 0.735. The highest BCUT2D eigenvalue weighted by molar-refractivity contribution is 5.85. The summed E-state index contributed by atoms with van der Waals surface area (Å²) in [7, 11) is 1.69. The molecule has 1 rings (SSSR count). The second kappa shape index (κ2) is 11.5. The molecular formula is C14H29ClN2O2. The Hall–Kier alpha value is -0.320. The number of carbonyl (C=O) groups is 1. The number of nitrogens with two attached hydrogens (primary N) is 1. The van der Waals surface area contributed by atoms with E-state index in [4.69, 9.17) is 10.5 Å². The molecule has 0 saturated heterocycles. The zero-order chi connectivity index (χ0) is 13.2. The van der Waals surface area contributed by atoms with Gasteiger partial charge in [-0.05, 0) is 31.6 Å². The van der Waals surface area contributed by atoms with Gasteiger partial charge in [-0.25, -0.2) is 0 Å². The molecule has 3 N–H and O–H groups in total. The predicted octanol–water partition coefficient (Wildman–Crippen LogP) is 2.25. The molecular weight excluding hydrogens is 264 g/mol. The SMILES string of the molecule is COCCCCC(=O)NC(CN)C1CCCCC1.Cl. The van der Waals surface area contributed by atoms with Crippen LogP contribution >= 0.6 is 12.4 Å². The van der Waals surface area contributed by atoms with Gasteiger partial charge in [0.05, 0.1) is 0 Å². The quantitative estimate of drug-likeness (QED) is 0.675. The van der Waals surface area contributed by atoms with Crippen LogP contribution in [-0.2, 0) is 9.53 Å². The number of nitrogens with one attached hydrogen (secondary N) is 1. The van der Waals surface area contributed by atoms with Gasteiger partial charge in [0.25, 0.3) is 0 Å². The molecule has 0 aromatic carbocycles. The monoisotopic (exact) mass is 292 g/mol. The minimum Gasteiger partial charge on any atom is -0.385 e. The summed E-state index contributed by atoms with van der Waals surface area (Å²) >= 11 is 0. The number of methoxy groups -OCH3 is 1. The lowest BCUT2D eigenvalue weighted by Crippen LogP contribution is -2.45. The van der Waals surface area contributed by atoms with E-state index < -0.39 is 0 Å². The van der Waals surface area contributed by atoms with Crippen LogP contribution in [0.15, 0.2) is 0 Å². The normalized spacial score (nSPS) is 17.6. The fourth-order valence-corrected chi connectivity index (χ4v) is 2.72. The zero-order valence-electron chi connectivity index (χ0n) is 12.0. The minimum absolute atomic E-state index is 0. The average molecular weight is 293 g/mol. The molecule has 1 fully saturated rings. The second-order valence-electron chi connectivity index (χ2n) is 5.26. The van der Waals surface area contributed by atoms with Gasteiger partial charge < -0.3 is 15.8 Å². The molecule has 0 heterocycles. The van der Waals surface area contributed by atoms with Crippen molar-refractivity contribution in [3.8, 4) is 0 Å². The summed E-state index contributed by atoms with van der Waals surface area (Å²) in [4.78, 5) is 11.8. The molecule has 4 nitrogen and oxygen atoms in total. The van der Waals surface area contributed by atoms with Crippen LogP contribution in [0, 0.1) is 5.92 Å². The van der Waals surface area contributed by atoms with Crippen LogP contribution in [0.1, 0.15) is 51.4 Å². The van der Waals surface area contributed by atoms with Crippen LogP contribution in [0.5, 0.6) is 0 Å². The standard InChI is InChI=1S/C14H28N2O2.ClH/c1-18-10-6-5-9-14(17)16-13(11-15)12-7-3-2-4-8-12;/h12-13H,2-11,15H2,1H3,(H,16,17);1H. The average Bonchev–Trinajstić information content (AvgIpc) is 2.42. The molecule has 0 radical (unpaired) electrons. The molecule has 1 amide bonds. The lowest BCUT2D eigenvalue weighted by atomic mass is 9.84.